The van der Waals surface area contributed by atoms with E-state index in [1.165, 1.54) is 6.07 Å². The van der Waals surface area contributed by atoms with Crippen molar-refractivity contribution in [3.63, 3.8) is 0 Å². The number of hydrogen-bond donors (Lipinski definition) is 2. The van der Waals surface area contributed by atoms with E-state index in [1.54, 1.807) is 17.8 Å². The van der Waals surface area contributed by atoms with Crippen LogP contribution < -0.4 is 4.72 Å². The maximum atomic E-state index is 12.4. The Bertz CT molecular complexity index is 554. The van der Waals surface area contributed by atoms with E-state index < -0.39 is 10.0 Å². The van der Waals surface area contributed by atoms with E-state index in [2.05, 4.69) is 11.6 Å². The second kappa shape index (κ2) is 6.51. The number of aromatic nitrogens is 1. The predicted octanol–water partition coefficient (Wildman–Crippen LogP) is 1.47. The maximum absolute atomic E-state index is 12.4. The molecule has 1 heterocycles. The van der Waals surface area contributed by atoms with Gasteiger partial charge in [0.25, 0.3) is 0 Å². The summed E-state index contributed by atoms with van der Waals surface area (Å²) in [5.74, 6) is 1.00. The van der Waals surface area contributed by atoms with Gasteiger partial charge in [0.1, 0.15) is 0 Å². The fraction of sp³-hybridized carbons (Fsp3) is 0.692. The zero-order chi connectivity index (χ0) is 14.8. The lowest BCUT2D eigenvalue weighted by Gasteiger charge is -2.19. The van der Waals surface area contributed by atoms with E-state index in [4.69, 9.17) is 5.11 Å². The first-order valence-electron chi connectivity index (χ1n) is 6.88. The van der Waals surface area contributed by atoms with Crippen molar-refractivity contribution in [3.8, 4) is 0 Å². The predicted molar refractivity (Wildman–Crippen MR) is 81.2 cm³/mol. The third kappa shape index (κ3) is 3.39. The highest BCUT2D eigenvalue weighted by Crippen LogP contribution is 2.31. The highest BCUT2D eigenvalue weighted by Gasteiger charge is 2.31. The van der Waals surface area contributed by atoms with Gasteiger partial charge in [0.05, 0.1) is 11.5 Å². The average Bonchev–Trinajstić information content (AvgIpc) is 2.97. The van der Waals surface area contributed by atoms with E-state index >= 15 is 0 Å². The topological polar surface area (TPSA) is 71.3 Å². The molecule has 1 fully saturated rings. The SMILES string of the molecule is CCSC1CCCC1NS(=O)(=O)c1cc(CO)n(C)c1. The number of nitrogens with one attached hydrogen (secondary N) is 1. The molecular weight excluding hydrogens is 296 g/mol. The summed E-state index contributed by atoms with van der Waals surface area (Å²) < 4.78 is 29.3. The van der Waals surface area contributed by atoms with Crippen LogP contribution in [-0.2, 0) is 23.7 Å². The number of thioether (sulfide) groups is 1. The first kappa shape index (κ1) is 15.9. The van der Waals surface area contributed by atoms with Crippen molar-refractivity contribution in [2.45, 2.75) is 49.0 Å². The molecule has 2 atom stereocenters. The van der Waals surface area contributed by atoms with E-state index in [1.807, 2.05) is 11.8 Å². The summed E-state index contributed by atoms with van der Waals surface area (Å²) >= 11 is 1.82. The minimum absolute atomic E-state index is 0.0164. The number of rotatable bonds is 6. The summed E-state index contributed by atoms with van der Waals surface area (Å²) in [4.78, 5) is 0.233. The second-order valence-corrected chi connectivity index (χ2v) is 8.32. The molecule has 0 aromatic carbocycles. The van der Waals surface area contributed by atoms with Crippen LogP contribution in [0.4, 0.5) is 0 Å². The van der Waals surface area contributed by atoms with Gasteiger partial charge in [-0.3, -0.25) is 0 Å². The number of aliphatic hydroxyl groups excluding tert-OH is 1. The van der Waals surface area contributed by atoms with E-state index in [-0.39, 0.29) is 17.5 Å². The summed E-state index contributed by atoms with van der Waals surface area (Å²) in [5, 5.41) is 9.53. The lowest BCUT2D eigenvalue weighted by Crippen LogP contribution is -2.38. The van der Waals surface area contributed by atoms with Crippen molar-refractivity contribution in [1.82, 2.24) is 9.29 Å². The van der Waals surface area contributed by atoms with E-state index in [9.17, 15) is 8.42 Å². The van der Waals surface area contributed by atoms with Gasteiger partial charge in [-0.05, 0) is 24.7 Å². The van der Waals surface area contributed by atoms with Gasteiger partial charge in [-0.15, -0.1) is 0 Å². The number of aryl methyl sites for hydroxylation is 1. The van der Waals surface area contributed by atoms with E-state index in [0.29, 0.717) is 10.9 Å². The van der Waals surface area contributed by atoms with Gasteiger partial charge in [0, 0.05) is 30.2 Å². The van der Waals surface area contributed by atoms with Crippen molar-refractivity contribution in [3.05, 3.63) is 18.0 Å². The van der Waals surface area contributed by atoms with Crippen LogP contribution in [0.5, 0.6) is 0 Å². The molecule has 0 spiro atoms. The molecule has 114 valence electrons. The molecule has 7 heteroatoms. The van der Waals surface area contributed by atoms with Crippen LogP contribution in [0.2, 0.25) is 0 Å². The molecule has 1 aromatic rings. The molecule has 2 rings (SSSR count). The normalized spacial score (nSPS) is 23.4. The Balaban J connectivity index is 2.14. The lowest BCUT2D eigenvalue weighted by atomic mass is 10.3. The number of nitrogens with zero attached hydrogens (tertiary/aromatic N) is 1. The van der Waals surface area contributed by atoms with Crippen molar-refractivity contribution < 1.29 is 13.5 Å². The minimum Gasteiger partial charge on any atom is -0.390 e. The maximum Gasteiger partial charge on any atom is 0.242 e. The summed E-state index contributed by atoms with van der Waals surface area (Å²) in [6, 6.07) is 1.54. The molecule has 1 aliphatic rings. The van der Waals surface area contributed by atoms with Crippen LogP contribution in [0.1, 0.15) is 31.9 Å². The molecule has 1 saturated carbocycles. The van der Waals surface area contributed by atoms with Gasteiger partial charge >= 0.3 is 0 Å². The van der Waals surface area contributed by atoms with Crippen molar-refractivity contribution in [2.24, 2.45) is 7.05 Å². The van der Waals surface area contributed by atoms with Crippen molar-refractivity contribution in [2.75, 3.05) is 5.75 Å². The molecule has 5 nitrogen and oxygen atoms in total. The monoisotopic (exact) mass is 318 g/mol. The molecule has 2 N–H and O–H groups in total. The second-order valence-electron chi connectivity index (χ2n) is 5.09. The summed E-state index contributed by atoms with van der Waals surface area (Å²) in [5.41, 5.74) is 0.594. The minimum atomic E-state index is -3.50. The van der Waals surface area contributed by atoms with Crippen molar-refractivity contribution in [1.29, 1.82) is 0 Å². The Hall–Kier alpha value is -0.500. The number of sulfonamides is 1. The Kier molecular flexibility index (Phi) is 5.17. The summed E-state index contributed by atoms with van der Waals surface area (Å²) in [7, 11) is -1.77. The van der Waals surface area contributed by atoms with E-state index in [0.717, 1.165) is 25.0 Å². The fourth-order valence-electron chi connectivity index (χ4n) is 2.62. The standard InChI is InChI=1S/C13H22N2O3S2/c1-3-19-13-6-4-5-12(13)14-20(17,18)11-7-10(9-16)15(2)8-11/h7-8,12-14,16H,3-6,9H2,1-2H3. The summed E-state index contributed by atoms with van der Waals surface area (Å²) in [6.45, 7) is 1.93. The van der Waals surface area contributed by atoms with Gasteiger partial charge in [0.15, 0.2) is 0 Å². The molecule has 0 amide bonds. The molecular formula is C13H22N2O3S2. The first-order chi connectivity index (χ1) is 9.47. The van der Waals surface area contributed by atoms with Crippen LogP contribution in [0.25, 0.3) is 0 Å². The molecule has 0 aliphatic heterocycles. The smallest absolute Gasteiger partial charge is 0.242 e. The zero-order valence-electron chi connectivity index (χ0n) is 11.9. The van der Waals surface area contributed by atoms with Gasteiger partial charge in [0.2, 0.25) is 10.0 Å². The molecule has 1 aliphatic carbocycles. The van der Waals surface area contributed by atoms with Gasteiger partial charge in [-0.25, -0.2) is 13.1 Å². The zero-order valence-corrected chi connectivity index (χ0v) is 13.5. The third-order valence-electron chi connectivity index (χ3n) is 3.69. The van der Waals surface area contributed by atoms with Crippen LogP contribution in [0, 0.1) is 0 Å². The fourth-order valence-corrected chi connectivity index (χ4v) is 5.31. The Labute approximate surface area is 124 Å². The molecule has 2 unspecified atom stereocenters. The molecule has 1 aromatic heterocycles. The Morgan fingerprint density at radius 1 is 1.50 bits per heavy atom. The van der Waals surface area contributed by atoms with Crippen molar-refractivity contribution >= 4 is 21.8 Å². The lowest BCUT2D eigenvalue weighted by molar-refractivity contribution is 0.272. The van der Waals surface area contributed by atoms with Crippen LogP contribution in [-0.4, -0.2) is 35.1 Å². The molecule has 0 saturated heterocycles. The average molecular weight is 318 g/mol. The number of hydrogen-bond acceptors (Lipinski definition) is 4. The van der Waals surface area contributed by atoms with Crippen LogP contribution in [0.15, 0.2) is 17.2 Å². The molecule has 0 radical (unpaired) electrons. The quantitative estimate of drug-likeness (QED) is 0.833. The Morgan fingerprint density at radius 3 is 2.85 bits per heavy atom. The van der Waals surface area contributed by atoms with Crippen LogP contribution in [0.3, 0.4) is 0 Å². The molecule has 20 heavy (non-hydrogen) atoms. The molecule has 0 bridgehead atoms. The summed E-state index contributed by atoms with van der Waals surface area (Å²) in [6.07, 6.45) is 4.59. The van der Waals surface area contributed by atoms with Gasteiger partial charge in [-0.2, -0.15) is 11.8 Å². The Morgan fingerprint density at radius 2 is 2.25 bits per heavy atom. The third-order valence-corrected chi connectivity index (χ3v) is 6.48. The van der Waals surface area contributed by atoms with Gasteiger partial charge < -0.3 is 9.67 Å². The van der Waals surface area contributed by atoms with Crippen LogP contribution >= 0.6 is 11.8 Å². The number of aliphatic hydroxyl groups is 1. The highest BCUT2D eigenvalue weighted by molar-refractivity contribution is 8.00. The first-order valence-corrected chi connectivity index (χ1v) is 9.41. The highest BCUT2D eigenvalue weighted by atomic mass is 32.2. The van der Waals surface area contributed by atoms with Gasteiger partial charge in [-0.1, -0.05) is 13.3 Å². The largest absolute Gasteiger partial charge is 0.390 e.